The first-order valence-electron chi connectivity index (χ1n) is 8.25. The first kappa shape index (κ1) is 17.8. The van der Waals surface area contributed by atoms with Crippen LogP contribution in [0.25, 0.3) is 11.3 Å². The van der Waals surface area contributed by atoms with Crippen LogP contribution in [0.1, 0.15) is 20.8 Å². The van der Waals surface area contributed by atoms with Gasteiger partial charge in [-0.2, -0.15) is 4.98 Å². The summed E-state index contributed by atoms with van der Waals surface area (Å²) in [6, 6.07) is 14.7. The van der Waals surface area contributed by atoms with Gasteiger partial charge >= 0.3 is 0 Å². The van der Waals surface area contributed by atoms with Crippen LogP contribution in [-0.2, 0) is 0 Å². The van der Waals surface area contributed by atoms with Crippen LogP contribution in [0.5, 0.6) is 0 Å². The number of rotatable bonds is 4. The van der Waals surface area contributed by atoms with Crippen LogP contribution < -0.4 is 10.6 Å². The maximum atomic E-state index is 14.0. The third kappa shape index (κ3) is 4.53. The molecule has 0 aliphatic heterocycles. The van der Waals surface area contributed by atoms with Gasteiger partial charge in [0, 0.05) is 23.2 Å². The molecule has 0 bridgehead atoms. The van der Waals surface area contributed by atoms with E-state index >= 15 is 0 Å². The number of aromatic nitrogens is 2. The molecule has 6 heteroatoms. The molecular weight excluding hydrogens is 334 g/mol. The van der Waals surface area contributed by atoms with Crippen molar-refractivity contribution in [2.75, 3.05) is 10.6 Å². The van der Waals surface area contributed by atoms with Crippen LogP contribution in [-0.4, -0.2) is 15.5 Å². The highest BCUT2D eigenvalue weighted by Gasteiger charge is 2.14. The third-order valence-corrected chi connectivity index (χ3v) is 3.48. The zero-order valence-electron chi connectivity index (χ0n) is 14.8. The Bertz CT molecular complexity index is 905. The van der Waals surface area contributed by atoms with Crippen molar-refractivity contribution in [1.29, 1.82) is 0 Å². The third-order valence-electron chi connectivity index (χ3n) is 3.48. The molecule has 0 saturated heterocycles. The number of nitrogens with one attached hydrogen (secondary N) is 2. The summed E-state index contributed by atoms with van der Waals surface area (Å²) in [6.45, 7) is 5.99. The monoisotopic (exact) mass is 354 g/mol. The van der Waals surface area contributed by atoms with E-state index in [0.717, 1.165) is 11.6 Å². The van der Waals surface area contributed by atoms with E-state index in [1.807, 2.05) is 51.1 Å². The van der Waals surface area contributed by atoms with Crippen LogP contribution >= 0.6 is 0 Å². The number of hydrogen-bond acceptors (Lipinski definition) is 4. The molecule has 2 aromatic carbocycles. The van der Waals surface area contributed by atoms with E-state index < -0.39 is 11.6 Å². The van der Waals surface area contributed by atoms with Crippen molar-refractivity contribution in [3.05, 3.63) is 66.2 Å². The summed E-state index contributed by atoms with van der Waals surface area (Å²) in [6.07, 6.45) is 0. The minimum atomic E-state index is -0.685. The molecule has 2 N–H and O–H groups in total. The SMILES string of the molecule is CC(C)(C)Nc1nc(Nc2ccc(F)cc2F)cc(-c2ccccc2)n1. The minimum absolute atomic E-state index is 0.144. The Morgan fingerprint density at radius 2 is 1.62 bits per heavy atom. The molecule has 134 valence electrons. The van der Waals surface area contributed by atoms with Crippen LogP contribution in [0, 0.1) is 11.6 Å². The lowest BCUT2D eigenvalue weighted by Gasteiger charge is -2.21. The van der Waals surface area contributed by atoms with Crippen LogP contribution in [0.15, 0.2) is 54.6 Å². The molecular formula is C20H20F2N4. The smallest absolute Gasteiger partial charge is 0.225 e. The van der Waals surface area contributed by atoms with Crippen molar-refractivity contribution in [1.82, 2.24) is 9.97 Å². The normalized spacial score (nSPS) is 11.3. The molecule has 1 aromatic heterocycles. The summed E-state index contributed by atoms with van der Waals surface area (Å²) >= 11 is 0. The number of halogens is 2. The molecule has 1 heterocycles. The molecule has 4 nitrogen and oxygen atoms in total. The summed E-state index contributed by atoms with van der Waals surface area (Å²) in [5.41, 5.74) is 1.51. The zero-order valence-corrected chi connectivity index (χ0v) is 14.8. The molecule has 0 aliphatic carbocycles. The van der Waals surface area contributed by atoms with Gasteiger partial charge < -0.3 is 10.6 Å². The van der Waals surface area contributed by atoms with E-state index in [0.29, 0.717) is 17.5 Å². The molecule has 26 heavy (non-hydrogen) atoms. The van der Waals surface area contributed by atoms with Gasteiger partial charge in [0.15, 0.2) is 0 Å². The van der Waals surface area contributed by atoms with Crippen molar-refractivity contribution in [3.63, 3.8) is 0 Å². The zero-order chi connectivity index (χ0) is 18.7. The lowest BCUT2D eigenvalue weighted by atomic mass is 10.1. The van der Waals surface area contributed by atoms with Gasteiger partial charge in [0.05, 0.1) is 11.4 Å². The fraction of sp³-hybridized carbons (Fsp3) is 0.200. The lowest BCUT2D eigenvalue weighted by Crippen LogP contribution is -2.27. The predicted molar refractivity (Wildman–Crippen MR) is 100 cm³/mol. The van der Waals surface area contributed by atoms with Crippen molar-refractivity contribution >= 4 is 17.5 Å². The van der Waals surface area contributed by atoms with Gasteiger partial charge in [-0.25, -0.2) is 13.8 Å². The molecule has 0 saturated carbocycles. The predicted octanol–water partition coefficient (Wildman–Crippen LogP) is 5.38. The molecule has 3 aromatic rings. The fourth-order valence-electron chi connectivity index (χ4n) is 2.39. The van der Waals surface area contributed by atoms with E-state index in [1.165, 1.54) is 12.1 Å². The topological polar surface area (TPSA) is 49.8 Å². The van der Waals surface area contributed by atoms with E-state index in [4.69, 9.17) is 0 Å². The fourth-order valence-corrected chi connectivity index (χ4v) is 2.39. The standard InChI is InChI=1S/C20H20F2N4/c1-20(2,3)26-19-24-17(13-7-5-4-6-8-13)12-18(25-19)23-16-10-9-14(21)11-15(16)22/h4-12H,1-3H3,(H2,23,24,25,26). The molecule has 3 rings (SSSR count). The Morgan fingerprint density at radius 3 is 2.27 bits per heavy atom. The van der Waals surface area contributed by atoms with Crippen molar-refractivity contribution < 1.29 is 8.78 Å². The number of benzene rings is 2. The van der Waals surface area contributed by atoms with Crippen LogP contribution in [0.4, 0.5) is 26.2 Å². The van der Waals surface area contributed by atoms with Gasteiger partial charge in [0.1, 0.15) is 17.5 Å². The molecule has 0 radical (unpaired) electrons. The largest absolute Gasteiger partial charge is 0.350 e. The van der Waals surface area contributed by atoms with Gasteiger partial charge in [0.25, 0.3) is 0 Å². The molecule has 0 fully saturated rings. The van der Waals surface area contributed by atoms with E-state index in [-0.39, 0.29) is 11.2 Å². The van der Waals surface area contributed by atoms with Gasteiger partial charge in [-0.15, -0.1) is 0 Å². The number of hydrogen-bond donors (Lipinski definition) is 2. The Hall–Kier alpha value is -3.02. The number of anilines is 3. The second-order valence-corrected chi connectivity index (χ2v) is 6.95. The van der Waals surface area contributed by atoms with Gasteiger partial charge in [-0.05, 0) is 32.9 Å². The maximum Gasteiger partial charge on any atom is 0.225 e. The highest BCUT2D eigenvalue weighted by Crippen LogP contribution is 2.26. The summed E-state index contributed by atoms with van der Waals surface area (Å²) in [5, 5.41) is 6.13. The molecule has 0 atom stereocenters. The summed E-state index contributed by atoms with van der Waals surface area (Å²) in [7, 11) is 0. The van der Waals surface area contributed by atoms with Crippen molar-refractivity contribution in [2.45, 2.75) is 26.3 Å². The number of nitrogens with zero attached hydrogens (tertiary/aromatic N) is 2. The maximum absolute atomic E-state index is 14.0. The highest BCUT2D eigenvalue weighted by atomic mass is 19.1. The van der Waals surface area contributed by atoms with Crippen molar-refractivity contribution in [2.24, 2.45) is 0 Å². The lowest BCUT2D eigenvalue weighted by molar-refractivity contribution is 0.586. The molecule has 0 amide bonds. The average molecular weight is 354 g/mol. The minimum Gasteiger partial charge on any atom is -0.350 e. The quantitative estimate of drug-likeness (QED) is 0.661. The van der Waals surface area contributed by atoms with E-state index in [2.05, 4.69) is 20.6 Å². The second-order valence-electron chi connectivity index (χ2n) is 6.95. The molecule has 0 aliphatic rings. The second kappa shape index (κ2) is 7.07. The first-order valence-corrected chi connectivity index (χ1v) is 8.25. The summed E-state index contributed by atoms with van der Waals surface area (Å²) < 4.78 is 27.1. The van der Waals surface area contributed by atoms with Gasteiger partial charge in [-0.1, -0.05) is 30.3 Å². The van der Waals surface area contributed by atoms with Crippen LogP contribution in [0.2, 0.25) is 0 Å². The Kier molecular flexibility index (Phi) is 4.84. The Balaban J connectivity index is 2.01. The van der Waals surface area contributed by atoms with E-state index in [9.17, 15) is 8.78 Å². The summed E-state index contributed by atoms with van der Waals surface area (Å²) in [4.78, 5) is 8.96. The highest BCUT2D eigenvalue weighted by molar-refractivity contribution is 5.67. The first-order chi connectivity index (χ1) is 12.3. The average Bonchev–Trinajstić information content (AvgIpc) is 2.56. The molecule has 0 spiro atoms. The van der Waals surface area contributed by atoms with Gasteiger partial charge in [0.2, 0.25) is 5.95 Å². The Labute approximate surface area is 151 Å². The van der Waals surface area contributed by atoms with Crippen LogP contribution in [0.3, 0.4) is 0 Å². The van der Waals surface area contributed by atoms with Crippen molar-refractivity contribution in [3.8, 4) is 11.3 Å². The van der Waals surface area contributed by atoms with E-state index in [1.54, 1.807) is 6.07 Å². The summed E-state index contributed by atoms with van der Waals surface area (Å²) in [5.74, 6) is -0.481. The van der Waals surface area contributed by atoms with Gasteiger partial charge in [-0.3, -0.25) is 0 Å². The molecule has 0 unspecified atom stereocenters. The Morgan fingerprint density at radius 1 is 0.885 bits per heavy atom.